The van der Waals surface area contributed by atoms with Gasteiger partial charge in [0.15, 0.2) is 15.5 Å². The van der Waals surface area contributed by atoms with Crippen LogP contribution in [-0.2, 0) is 34.5 Å². The molecule has 0 amide bonds. The molecule has 1 heterocycles. The van der Waals surface area contributed by atoms with Crippen LogP contribution in [0.15, 0.2) is 56.5 Å². The minimum atomic E-state index is -4.83. The fourth-order valence-corrected chi connectivity index (χ4v) is 5.71. The molecule has 3 rings (SSSR count). The van der Waals surface area contributed by atoms with Gasteiger partial charge < -0.3 is 9.84 Å². The zero-order valence-electron chi connectivity index (χ0n) is 18.8. The van der Waals surface area contributed by atoms with Crippen molar-refractivity contribution in [3.8, 4) is 17.3 Å². The highest BCUT2D eigenvalue weighted by Gasteiger charge is 2.22. The number of methoxy groups -OCH3 is 1. The molecular weight excluding hydrogens is 615 g/mol. The second kappa shape index (κ2) is 11.1. The average Bonchev–Trinajstić information content (AvgIpc) is 3.16. The number of nitrogens with zero attached hydrogens (tertiary/aromatic N) is 4. The molecule has 0 aliphatic heterocycles. The van der Waals surface area contributed by atoms with E-state index in [1.165, 1.54) is 13.2 Å². The first kappa shape index (κ1) is 29.7. The van der Waals surface area contributed by atoms with E-state index in [9.17, 15) is 34.9 Å². The predicted octanol–water partition coefficient (Wildman–Crippen LogP) is 3.15. The molecule has 0 saturated carbocycles. The van der Waals surface area contributed by atoms with E-state index in [4.69, 9.17) is 32.5 Å². The Morgan fingerprint density at radius 2 is 1.63 bits per heavy atom. The Balaban J connectivity index is 1.94. The number of hydrogen-bond acceptors (Lipinski definition) is 12. The Morgan fingerprint density at radius 3 is 2.24 bits per heavy atom. The number of aromatic nitrogens is 2. The minimum absolute atomic E-state index is 0.0687. The lowest BCUT2D eigenvalue weighted by molar-refractivity contribution is 0.284. The first-order valence-corrected chi connectivity index (χ1v) is 14.9. The highest BCUT2D eigenvalue weighted by Crippen LogP contribution is 2.37. The average molecular weight is 631 g/mol. The van der Waals surface area contributed by atoms with Crippen LogP contribution < -0.4 is 4.74 Å². The van der Waals surface area contributed by atoms with Gasteiger partial charge in [0.1, 0.15) is 16.3 Å². The van der Waals surface area contributed by atoms with Gasteiger partial charge in [-0.15, -0.1) is 10.2 Å². The van der Waals surface area contributed by atoms with Crippen molar-refractivity contribution < 1.29 is 48.4 Å². The summed E-state index contributed by atoms with van der Waals surface area (Å²) in [7, 11) is -12.3. The third kappa shape index (κ3) is 6.97. The van der Waals surface area contributed by atoms with Gasteiger partial charge in [0.2, 0.25) is 5.88 Å². The summed E-state index contributed by atoms with van der Waals surface area (Å²) in [5.74, 6) is -1.32. The summed E-state index contributed by atoms with van der Waals surface area (Å²) >= 11 is 12.0. The largest absolute Gasteiger partial charge is 0.494 e. The lowest BCUT2D eigenvalue weighted by atomic mass is 10.3. The molecule has 38 heavy (non-hydrogen) atoms. The topological polar surface area (TPSA) is 224 Å². The first-order chi connectivity index (χ1) is 17.5. The first-order valence-electron chi connectivity index (χ1n) is 9.72. The molecule has 0 fully saturated rings. The summed E-state index contributed by atoms with van der Waals surface area (Å²) < 4.78 is 96.9. The number of rotatable bonds is 10. The highest BCUT2D eigenvalue weighted by atomic mass is 35.5. The van der Waals surface area contributed by atoms with Gasteiger partial charge >= 0.3 is 10.4 Å². The van der Waals surface area contributed by atoms with Crippen molar-refractivity contribution in [2.75, 3.05) is 19.5 Å². The molecule has 1 aromatic heterocycles. The summed E-state index contributed by atoms with van der Waals surface area (Å²) in [6.07, 6.45) is 1.06. The van der Waals surface area contributed by atoms with Crippen molar-refractivity contribution >= 4 is 64.9 Å². The number of azo groups is 1. The van der Waals surface area contributed by atoms with E-state index >= 15 is 0 Å². The smallest absolute Gasteiger partial charge is 0.397 e. The predicted molar refractivity (Wildman–Crippen MR) is 132 cm³/mol. The van der Waals surface area contributed by atoms with Gasteiger partial charge in [-0.1, -0.05) is 23.2 Å². The molecule has 0 aliphatic carbocycles. The number of benzene rings is 2. The van der Waals surface area contributed by atoms with Gasteiger partial charge in [-0.2, -0.15) is 26.6 Å². The fraction of sp³-hybridized carbons (Fsp3) is 0.167. The van der Waals surface area contributed by atoms with Crippen LogP contribution in [0.2, 0.25) is 10.0 Å². The van der Waals surface area contributed by atoms with E-state index in [1.54, 1.807) is 0 Å². The van der Waals surface area contributed by atoms with Crippen molar-refractivity contribution in [2.24, 2.45) is 10.2 Å². The zero-order valence-corrected chi connectivity index (χ0v) is 22.7. The van der Waals surface area contributed by atoms with Crippen LogP contribution >= 0.6 is 23.2 Å². The Kier molecular flexibility index (Phi) is 8.68. The molecule has 20 heteroatoms. The molecule has 0 radical (unpaired) electrons. The van der Waals surface area contributed by atoms with Crippen molar-refractivity contribution in [2.45, 2.75) is 9.79 Å². The van der Waals surface area contributed by atoms with Crippen molar-refractivity contribution in [3.05, 3.63) is 46.6 Å². The summed E-state index contributed by atoms with van der Waals surface area (Å²) in [5.41, 5.74) is -0.399. The summed E-state index contributed by atoms with van der Waals surface area (Å²) in [4.78, 5) is -0.961. The number of sulfone groups is 1. The van der Waals surface area contributed by atoms with Gasteiger partial charge in [-0.05, 0) is 30.3 Å². The standard InChI is InChI=1S/C18H16Cl2N4O11S3/c1-34-16-3-2-10(36(26,27)5-4-35-38(31,32)33)6-13(16)22-23-14-9-21-24(18(14)25)15-7-12(20)17(8-11(15)19)37(28,29)30/h2-3,6-9,25H,4-5H2,1H3,(H,28,29,30)(H,31,32,33)/b23-22+. The summed E-state index contributed by atoms with van der Waals surface area (Å²) in [6, 6.07) is 5.38. The normalized spacial score (nSPS) is 12.8. The Hall–Kier alpha value is -2.84. The molecular formula is C18H16Cl2N4O11S3. The lowest BCUT2D eigenvalue weighted by Crippen LogP contribution is -2.15. The third-order valence-corrected chi connectivity index (χ3v) is 8.35. The van der Waals surface area contributed by atoms with Crippen LogP contribution in [0, 0.1) is 0 Å². The second-order valence-electron chi connectivity index (χ2n) is 7.08. The summed E-state index contributed by atoms with van der Waals surface area (Å²) in [6.45, 7) is -0.838. The van der Waals surface area contributed by atoms with E-state index in [0.717, 1.165) is 35.1 Å². The molecule has 0 atom stereocenters. The van der Waals surface area contributed by atoms with Crippen LogP contribution in [0.4, 0.5) is 11.4 Å². The zero-order chi connectivity index (χ0) is 28.5. The molecule has 206 valence electrons. The van der Waals surface area contributed by atoms with Crippen LogP contribution in [0.25, 0.3) is 5.69 Å². The SMILES string of the molecule is COc1ccc(S(=O)(=O)CCOS(=O)(=O)O)cc1/N=N/c1cnn(-c2cc(Cl)c(S(=O)(=O)O)cc2Cl)c1O. The third-order valence-electron chi connectivity index (χ3n) is 4.59. The highest BCUT2D eigenvalue weighted by molar-refractivity contribution is 7.91. The monoisotopic (exact) mass is 630 g/mol. The molecule has 3 aromatic rings. The Morgan fingerprint density at radius 1 is 0.974 bits per heavy atom. The molecule has 0 bridgehead atoms. The van der Waals surface area contributed by atoms with E-state index < -0.39 is 58.5 Å². The minimum Gasteiger partial charge on any atom is -0.494 e. The number of ether oxygens (including phenoxy) is 1. The van der Waals surface area contributed by atoms with E-state index in [2.05, 4.69) is 19.5 Å². The maximum atomic E-state index is 12.5. The fourth-order valence-electron chi connectivity index (χ4n) is 2.87. The van der Waals surface area contributed by atoms with E-state index in [-0.39, 0.29) is 32.7 Å². The van der Waals surface area contributed by atoms with Crippen LogP contribution in [0.5, 0.6) is 11.6 Å². The Labute approximate surface area is 225 Å². The van der Waals surface area contributed by atoms with Gasteiger partial charge in [0, 0.05) is 0 Å². The molecule has 0 saturated heterocycles. The van der Waals surface area contributed by atoms with Crippen molar-refractivity contribution in [1.29, 1.82) is 0 Å². The van der Waals surface area contributed by atoms with Crippen molar-refractivity contribution in [3.63, 3.8) is 0 Å². The van der Waals surface area contributed by atoms with E-state index in [1.807, 2.05) is 0 Å². The molecule has 3 N–H and O–H groups in total. The van der Waals surface area contributed by atoms with Crippen LogP contribution in [0.1, 0.15) is 0 Å². The molecule has 0 spiro atoms. The number of hydrogen-bond donors (Lipinski definition) is 3. The van der Waals surface area contributed by atoms with Crippen LogP contribution in [0.3, 0.4) is 0 Å². The molecule has 15 nitrogen and oxygen atoms in total. The molecule has 2 aromatic carbocycles. The van der Waals surface area contributed by atoms with Crippen molar-refractivity contribution in [1.82, 2.24) is 9.78 Å². The lowest BCUT2D eigenvalue weighted by Gasteiger charge is -2.09. The summed E-state index contributed by atoms with van der Waals surface area (Å²) in [5, 5.41) is 21.5. The van der Waals surface area contributed by atoms with E-state index in [0.29, 0.717) is 0 Å². The number of halogens is 2. The number of aromatic hydroxyl groups is 1. The quantitative estimate of drug-likeness (QED) is 0.217. The van der Waals surface area contributed by atoms with Crippen LogP contribution in [-0.4, -0.2) is 68.7 Å². The maximum Gasteiger partial charge on any atom is 0.397 e. The van der Waals surface area contributed by atoms with Gasteiger partial charge in [-0.25, -0.2) is 12.6 Å². The second-order valence-corrected chi connectivity index (χ2v) is 12.5. The van der Waals surface area contributed by atoms with Gasteiger partial charge in [0.25, 0.3) is 10.1 Å². The Bertz CT molecular complexity index is 1740. The van der Waals surface area contributed by atoms with Gasteiger partial charge in [-0.3, -0.25) is 9.11 Å². The molecule has 0 aliphatic rings. The molecule has 0 unspecified atom stereocenters. The maximum absolute atomic E-state index is 12.5. The van der Waals surface area contributed by atoms with Gasteiger partial charge in [0.05, 0.1) is 46.3 Å².